The first-order valence-electron chi connectivity index (χ1n) is 10.9. The standard InChI is InChI=1S/C23H30N4O4S/c1-4-31-22(29)16-9-5-6-11-18(16)24-20(28)15-32-21-17-10-7-12-19(17)27(23(30)25-21)14-8-13-26(2)3/h5-6,9,11H,4,7-8,10,12-15H2,1-3H3,(H,24,28). The molecule has 0 radical (unpaired) electrons. The van der Waals surface area contributed by atoms with E-state index in [0.29, 0.717) is 22.8 Å². The van der Waals surface area contributed by atoms with Gasteiger partial charge >= 0.3 is 11.7 Å². The van der Waals surface area contributed by atoms with Crippen LogP contribution >= 0.6 is 11.8 Å². The molecule has 1 aromatic carbocycles. The molecule has 9 heteroatoms. The van der Waals surface area contributed by atoms with E-state index in [-0.39, 0.29) is 24.0 Å². The van der Waals surface area contributed by atoms with Crippen molar-refractivity contribution in [2.45, 2.75) is 44.2 Å². The highest BCUT2D eigenvalue weighted by atomic mass is 32.2. The number of hydrogen-bond acceptors (Lipinski definition) is 7. The van der Waals surface area contributed by atoms with Gasteiger partial charge in [0.1, 0.15) is 5.03 Å². The molecule has 1 aliphatic rings. The Kier molecular flexibility index (Phi) is 8.46. The average Bonchev–Trinajstić information content (AvgIpc) is 3.24. The van der Waals surface area contributed by atoms with Crippen molar-refractivity contribution in [1.29, 1.82) is 0 Å². The minimum Gasteiger partial charge on any atom is -0.462 e. The van der Waals surface area contributed by atoms with Crippen LogP contribution in [-0.4, -0.2) is 59.3 Å². The Balaban J connectivity index is 1.68. The molecule has 0 fully saturated rings. The van der Waals surface area contributed by atoms with E-state index in [2.05, 4.69) is 15.2 Å². The predicted molar refractivity (Wildman–Crippen MR) is 125 cm³/mol. The Morgan fingerprint density at radius 3 is 2.78 bits per heavy atom. The van der Waals surface area contributed by atoms with E-state index in [9.17, 15) is 14.4 Å². The normalized spacial score (nSPS) is 12.6. The number of nitrogens with one attached hydrogen (secondary N) is 1. The Hall–Kier alpha value is -2.65. The van der Waals surface area contributed by atoms with Crippen molar-refractivity contribution in [3.8, 4) is 0 Å². The maximum Gasteiger partial charge on any atom is 0.348 e. The van der Waals surface area contributed by atoms with Crippen molar-refractivity contribution in [3.63, 3.8) is 0 Å². The lowest BCUT2D eigenvalue weighted by Crippen LogP contribution is -2.29. The Morgan fingerprint density at radius 2 is 2.03 bits per heavy atom. The van der Waals surface area contributed by atoms with Crippen LogP contribution in [-0.2, 0) is 28.9 Å². The molecule has 1 N–H and O–H groups in total. The second kappa shape index (κ2) is 11.3. The molecule has 3 rings (SSSR count). The highest BCUT2D eigenvalue weighted by Crippen LogP contribution is 2.29. The molecule has 1 aromatic heterocycles. The van der Waals surface area contributed by atoms with Crippen LogP contribution in [0.25, 0.3) is 0 Å². The maximum atomic E-state index is 12.7. The smallest absolute Gasteiger partial charge is 0.348 e. The number of nitrogens with zero attached hydrogens (tertiary/aromatic N) is 3. The van der Waals surface area contributed by atoms with Crippen molar-refractivity contribution in [2.75, 3.05) is 38.3 Å². The number of carbonyl (C=O) groups excluding carboxylic acids is 2. The molecule has 0 aliphatic heterocycles. The lowest BCUT2D eigenvalue weighted by molar-refractivity contribution is -0.113. The second-order valence-corrected chi connectivity index (χ2v) is 8.85. The third-order valence-corrected chi connectivity index (χ3v) is 6.24. The molecule has 172 valence electrons. The van der Waals surface area contributed by atoms with E-state index in [1.165, 1.54) is 11.8 Å². The van der Waals surface area contributed by atoms with E-state index in [1.54, 1.807) is 35.8 Å². The van der Waals surface area contributed by atoms with Gasteiger partial charge in [-0.2, -0.15) is 4.98 Å². The van der Waals surface area contributed by atoms with Gasteiger partial charge in [0, 0.05) is 17.8 Å². The van der Waals surface area contributed by atoms with Gasteiger partial charge in [0.25, 0.3) is 0 Å². The number of aromatic nitrogens is 2. The lowest BCUT2D eigenvalue weighted by atomic mass is 10.2. The molecule has 0 saturated carbocycles. The predicted octanol–water partition coefficient (Wildman–Crippen LogP) is 2.59. The Labute approximate surface area is 192 Å². The SMILES string of the molecule is CCOC(=O)c1ccccc1NC(=O)CSc1nc(=O)n(CCCN(C)C)c2c1CCC2. The number of anilines is 1. The van der Waals surface area contributed by atoms with E-state index < -0.39 is 5.97 Å². The van der Waals surface area contributed by atoms with E-state index in [0.717, 1.165) is 43.5 Å². The molecule has 1 amide bonds. The number of rotatable bonds is 10. The van der Waals surface area contributed by atoms with Crippen LogP contribution in [0.5, 0.6) is 0 Å². The fourth-order valence-corrected chi connectivity index (χ4v) is 4.66. The summed E-state index contributed by atoms with van der Waals surface area (Å²) in [4.78, 5) is 43.7. The number of carbonyl (C=O) groups is 2. The molecular formula is C23H30N4O4S. The summed E-state index contributed by atoms with van der Waals surface area (Å²) in [6, 6.07) is 6.75. The molecule has 1 aliphatic carbocycles. The van der Waals surface area contributed by atoms with Gasteiger partial charge in [-0.1, -0.05) is 23.9 Å². The van der Waals surface area contributed by atoms with Crippen molar-refractivity contribution in [1.82, 2.24) is 14.5 Å². The highest BCUT2D eigenvalue weighted by molar-refractivity contribution is 8.00. The fourth-order valence-electron chi connectivity index (χ4n) is 3.78. The summed E-state index contributed by atoms with van der Waals surface area (Å²) in [6.45, 7) is 3.55. The summed E-state index contributed by atoms with van der Waals surface area (Å²) >= 11 is 1.27. The molecule has 1 heterocycles. The zero-order valence-electron chi connectivity index (χ0n) is 18.8. The van der Waals surface area contributed by atoms with Crippen LogP contribution in [0.15, 0.2) is 34.1 Å². The van der Waals surface area contributed by atoms with E-state index in [1.807, 2.05) is 14.1 Å². The average molecular weight is 459 g/mol. The third-order valence-electron chi connectivity index (χ3n) is 5.22. The Bertz CT molecular complexity index is 1040. The van der Waals surface area contributed by atoms with Crippen molar-refractivity contribution in [3.05, 3.63) is 51.6 Å². The molecule has 0 spiro atoms. The number of fused-ring (bicyclic) bond motifs is 1. The van der Waals surface area contributed by atoms with Crippen LogP contribution in [0.3, 0.4) is 0 Å². The first-order chi connectivity index (χ1) is 15.4. The summed E-state index contributed by atoms with van der Waals surface area (Å²) in [5.41, 5.74) is 2.61. The molecule has 0 unspecified atom stereocenters. The first kappa shape index (κ1) is 24.0. The lowest BCUT2D eigenvalue weighted by Gasteiger charge is -2.15. The molecule has 32 heavy (non-hydrogen) atoms. The van der Waals surface area contributed by atoms with Gasteiger partial charge in [-0.05, 0) is 65.4 Å². The third kappa shape index (κ3) is 5.98. The highest BCUT2D eigenvalue weighted by Gasteiger charge is 2.22. The van der Waals surface area contributed by atoms with Gasteiger partial charge in [-0.15, -0.1) is 0 Å². The minimum absolute atomic E-state index is 0.0979. The minimum atomic E-state index is -0.478. The number of hydrogen-bond donors (Lipinski definition) is 1. The summed E-state index contributed by atoms with van der Waals surface area (Å²) in [5, 5.41) is 3.41. The zero-order chi connectivity index (χ0) is 23.1. The monoisotopic (exact) mass is 458 g/mol. The number of thioether (sulfide) groups is 1. The van der Waals surface area contributed by atoms with Gasteiger partial charge in [-0.25, -0.2) is 9.59 Å². The van der Waals surface area contributed by atoms with Gasteiger partial charge in [0.05, 0.1) is 23.6 Å². The van der Waals surface area contributed by atoms with Gasteiger partial charge in [0.15, 0.2) is 0 Å². The molecule has 2 aromatic rings. The summed E-state index contributed by atoms with van der Waals surface area (Å²) in [5.74, 6) is -0.649. The molecule has 8 nitrogen and oxygen atoms in total. The van der Waals surface area contributed by atoms with Crippen LogP contribution in [0, 0.1) is 0 Å². The first-order valence-corrected chi connectivity index (χ1v) is 11.8. The number of amides is 1. The van der Waals surface area contributed by atoms with E-state index in [4.69, 9.17) is 4.74 Å². The molecular weight excluding hydrogens is 428 g/mol. The molecule has 0 saturated heterocycles. The van der Waals surface area contributed by atoms with Crippen LogP contribution in [0.1, 0.15) is 41.4 Å². The number of ether oxygens (including phenoxy) is 1. The summed E-state index contributed by atoms with van der Waals surface area (Å²) < 4.78 is 6.85. The van der Waals surface area contributed by atoms with Crippen molar-refractivity contribution < 1.29 is 14.3 Å². The fraction of sp³-hybridized carbons (Fsp3) is 0.478. The Morgan fingerprint density at radius 1 is 1.25 bits per heavy atom. The van der Waals surface area contributed by atoms with Crippen LogP contribution in [0.2, 0.25) is 0 Å². The molecule has 0 bridgehead atoms. The van der Waals surface area contributed by atoms with Gasteiger partial charge in [-0.3, -0.25) is 9.36 Å². The summed E-state index contributed by atoms with van der Waals surface area (Å²) in [7, 11) is 4.03. The largest absolute Gasteiger partial charge is 0.462 e. The molecule has 0 atom stereocenters. The second-order valence-electron chi connectivity index (χ2n) is 7.89. The zero-order valence-corrected chi connectivity index (χ0v) is 19.7. The van der Waals surface area contributed by atoms with Crippen molar-refractivity contribution in [2.24, 2.45) is 0 Å². The topological polar surface area (TPSA) is 93.5 Å². The number of benzene rings is 1. The van der Waals surface area contributed by atoms with E-state index >= 15 is 0 Å². The van der Waals surface area contributed by atoms with Gasteiger partial charge < -0.3 is 15.0 Å². The summed E-state index contributed by atoms with van der Waals surface area (Å²) in [6.07, 6.45) is 3.60. The number of para-hydroxylation sites is 1. The number of esters is 1. The maximum absolute atomic E-state index is 12.7. The van der Waals surface area contributed by atoms with Crippen molar-refractivity contribution >= 4 is 29.3 Å². The van der Waals surface area contributed by atoms with Crippen LogP contribution in [0.4, 0.5) is 5.69 Å². The van der Waals surface area contributed by atoms with Gasteiger partial charge in [0.2, 0.25) is 5.91 Å². The van der Waals surface area contributed by atoms with Crippen LogP contribution < -0.4 is 11.0 Å². The quantitative estimate of drug-likeness (QED) is 0.332.